The molecule has 0 atom stereocenters. The van der Waals surface area contributed by atoms with Crippen molar-refractivity contribution in [2.75, 3.05) is 13.7 Å². The van der Waals surface area contributed by atoms with Crippen LogP contribution in [0.2, 0.25) is 0 Å². The van der Waals surface area contributed by atoms with E-state index >= 15 is 0 Å². The highest BCUT2D eigenvalue weighted by molar-refractivity contribution is 7.89. The van der Waals surface area contributed by atoms with E-state index in [1.165, 1.54) is 12.1 Å². The summed E-state index contributed by atoms with van der Waals surface area (Å²) in [6, 6.07) is 12.9. The Morgan fingerprint density at radius 1 is 1.12 bits per heavy atom. The summed E-state index contributed by atoms with van der Waals surface area (Å²) in [6.07, 6.45) is 0. The second kappa shape index (κ2) is 7.80. The molecular formula is C16H18N2O5S. The van der Waals surface area contributed by atoms with Crippen LogP contribution in [0.4, 0.5) is 0 Å². The van der Waals surface area contributed by atoms with Gasteiger partial charge in [-0.3, -0.25) is 4.79 Å². The quantitative estimate of drug-likeness (QED) is 0.776. The highest BCUT2D eigenvalue weighted by Crippen LogP contribution is 2.18. The molecule has 0 heterocycles. The highest BCUT2D eigenvalue weighted by atomic mass is 32.2. The third-order valence-corrected chi connectivity index (χ3v) is 4.08. The van der Waals surface area contributed by atoms with Crippen LogP contribution in [-0.4, -0.2) is 28.0 Å². The number of primary sulfonamides is 1. The number of hydrogen-bond donors (Lipinski definition) is 2. The van der Waals surface area contributed by atoms with E-state index in [0.29, 0.717) is 11.5 Å². The van der Waals surface area contributed by atoms with E-state index in [9.17, 15) is 13.2 Å². The van der Waals surface area contributed by atoms with Crippen LogP contribution in [0.15, 0.2) is 53.4 Å². The van der Waals surface area contributed by atoms with Crippen molar-refractivity contribution in [2.24, 2.45) is 5.14 Å². The molecule has 0 aromatic heterocycles. The lowest BCUT2D eigenvalue weighted by atomic mass is 10.2. The fourth-order valence-corrected chi connectivity index (χ4v) is 2.40. The van der Waals surface area contributed by atoms with Gasteiger partial charge in [-0.25, -0.2) is 13.6 Å². The van der Waals surface area contributed by atoms with Gasteiger partial charge >= 0.3 is 0 Å². The average Bonchev–Trinajstić information content (AvgIpc) is 2.58. The predicted molar refractivity (Wildman–Crippen MR) is 88.2 cm³/mol. The molecule has 0 radical (unpaired) electrons. The number of methoxy groups -OCH3 is 1. The molecule has 128 valence electrons. The van der Waals surface area contributed by atoms with Gasteiger partial charge in [-0.1, -0.05) is 18.2 Å². The van der Waals surface area contributed by atoms with Crippen LogP contribution in [0.25, 0.3) is 0 Å². The van der Waals surface area contributed by atoms with E-state index in [-0.39, 0.29) is 24.0 Å². The molecule has 2 aromatic carbocycles. The van der Waals surface area contributed by atoms with E-state index in [0.717, 1.165) is 5.56 Å². The zero-order valence-corrected chi connectivity index (χ0v) is 13.9. The van der Waals surface area contributed by atoms with E-state index in [2.05, 4.69) is 5.32 Å². The second-order valence-electron chi connectivity index (χ2n) is 4.93. The molecule has 0 aliphatic heterocycles. The molecule has 0 fully saturated rings. The van der Waals surface area contributed by atoms with Crippen molar-refractivity contribution in [3.05, 3.63) is 54.1 Å². The number of carbonyl (C=O) groups excluding carboxylic acids is 1. The summed E-state index contributed by atoms with van der Waals surface area (Å²) in [5, 5.41) is 7.70. The van der Waals surface area contributed by atoms with E-state index in [1.807, 2.05) is 0 Å². The predicted octanol–water partition coefficient (Wildman–Crippen LogP) is 1.04. The van der Waals surface area contributed by atoms with Gasteiger partial charge in [-0.15, -0.1) is 0 Å². The Kier molecular flexibility index (Phi) is 5.78. The fourth-order valence-electron chi connectivity index (χ4n) is 1.89. The molecule has 24 heavy (non-hydrogen) atoms. The molecule has 2 aromatic rings. The van der Waals surface area contributed by atoms with E-state index < -0.39 is 10.0 Å². The molecule has 0 bridgehead atoms. The summed E-state index contributed by atoms with van der Waals surface area (Å²) in [4.78, 5) is 11.8. The molecule has 7 nitrogen and oxygen atoms in total. The number of hydrogen-bond acceptors (Lipinski definition) is 5. The Labute approximate surface area is 140 Å². The van der Waals surface area contributed by atoms with Crippen molar-refractivity contribution in [3.63, 3.8) is 0 Å². The first-order valence-corrected chi connectivity index (χ1v) is 8.58. The lowest BCUT2D eigenvalue weighted by molar-refractivity contribution is -0.123. The van der Waals surface area contributed by atoms with Crippen LogP contribution in [0.5, 0.6) is 11.5 Å². The largest absolute Gasteiger partial charge is 0.497 e. The summed E-state index contributed by atoms with van der Waals surface area (Å²) < 4.78 is 32.8. The van der Waals surface area contributed by atoms with Gasteiger partial charge in [-0.05, 0) is 29.8 Å². The lowest BCUT2D eigenvalue weighted by Crippen LogP contribution is -2.28. The van der Waals surface area contributed by atoms with Gasteiger partial charge < -0.3 is 14.8 Å². The van der Waals surface area contributed by atoms with Gasteiger partial charge in [0, 0.05) is 12.6 Å². The molecule has 0 unspecified atom stereocenters. The molecule has 8 heteroatoms. The first-order valence-electron chi connectivity index (χ1n) is 7.04. The molecule has 0 saturated heterocycles. The first-order chi connectivity index (χ1) is 11.4. The van der Waals surface area contributed by atoms with Gasteiger partial charge in [0.05, 0.1) is 12.0 Å². The van der Waals surface area contributed by atoms with Gasteiger partial charge in [0.15, 0.2) is 6.61 Å². The number of amides is 1. The number of ether oxygens (including phenoxy) is 2. The molecular weight excluding hydrogens is 332 g/mol. The lowest BCUT2D eigenvalue weighted by Gasteiger charge is -2.09. The molecule has 0 saturated carbocycles. The Bertz CT molecular complexity index is 803. The minimum absolute atomic E-state index is 0.0268. The average molecular weight is 350 g/mol. The van der Waals surface area contributed by atoms with Crippen molar-refractivity contribution in [3.8, 4) is 11.5 Å². The van der Waals surface area contributed by atoms with Crippen LogP contribution < -0.4 is 19.9 Å². The maximum absolute atomic E-state index is 11.8. The van der Waals surface area contributed by atoms with Gasteiger partial charge in [-0.2, -0.15) is 0 Å². The maximum atomic E-state index is 11.8. The molecule has 3 N–H and O–H groups in total. The Balaban J connectivity index is 1.82. The van der Waals surface area contributed by atoms with Crippen molar-refractivity contribution in [2.45, 2.75) is 11.4 Å². The van der Waals surface area contributed by atoms with Crippen LogP contribution in [0.1, 0.15) is 5.56 Å². The maximum Gasteiger partial charge on any atom is 0.258 e. The zero-order valence-electron chi connectivity index (χ0n) is 13.1. The van der Waals surface area contributed by atoms with Crippen LogP contribution in [0, 0.1) is 0 Å². The Hall–Kier alpha value is -2.58. The topological polar surface area (TPSA) is 108 Å². The van der Waals surface area contributed by atoms with Crippen LogP contribution >= 0.6 is 0 Å². The van der Waals surface area contributed by atoms with Gasteiger partial charge in [0.25, 0.3) is 5.91 Å². The van der Waals surface area contributed by atoms with E-state index in [4.69, 9.17) is 14.6 Å². The minimum Gasteiger partial charge on any atom is -0.497 e. The highest BCUT2D eigenvalue weighted by Gasteiger charge is 2.08. The summed E-state index contributed by atoms with van der Waals surface area (Å²) in [5.41, 5.74) is 0.747. The standard InChI is InChI=1S/C16H18N2O5S/c1-22-13-3-2-4-14(9-13)23-11-16(19)18-10-12-5-7-15(8-6-12)24(17,20)21/h2-9H,10-11H2,1H3,(H,18,19)(H2,17,20,21). The van der Waals surface area contributed by atoms with E-state index in [1.54, 1.807) is 43.5 Å². The number of nitrogens with one attached hydrogen (secondary N) is 1. The Morgan fingerprint density at radius 3 is 2.42 bits per heavy atom. The minimum atomic E-state index is -3.71. The second-order valence-corrected chi connectivity index (χ2v) is 6.49. The number of rotatable bonds is 7. The normalized spacial score (nSPS) is 10.9. The van der Waals surface area contributed by atoms with Crippen molar-refractivity contribution < 1.29 is 22.7 Å². The van der Waals surface area contributed by atoms with Crippen molar-refractivity contribution in [1.82, 2.24) is 5.32 Å². The number of nitrogens with two attached hydrogens (primary N) is 1. The molecule has 0 spiro atoms. The molecule has 1 amide bonds. The SMILES string of the molecule is COc1cccc(OCC(=O)NCc2ccc(S(N)(=O)=O)cc2)c1. The molecule has 0 aliphatic carbocycles. The number of sulfonamides is 1. The third-order valence-electron chi connectivity index (χ3n) is 3.15. The zero-order chi connectivity index (χ0) is 17.6. The molecule has 2 rings (SSSR count). The van der Waals surface area contributed by atoms with Gasteiger partial charge in [0.1, 0.15) is 11.5 Å². The fraction of sp³-hybridized carbons (Fsp3) is 0.188. The van der Waals surface area contributed by atoms with Gasteiger partial charge in [0.2, 0.25) is 10.0 Å². The summed E-state index contributed by atoms with van der Waals surface area (Å²) >= 11 is 0. The molecule has 0 aliphatic rings. The van der Waals surface area contributed by atoms with Crippen LogP contribution in [0.3, 0.4) is 0 Å². The van der Waals surface area contributed by atoms with Crippen molar-refractivity contribution in [1.29, 1.82) is 0 Å². The van der Waals surface area contributed by atoms with Crippen molar-refractivity contribution >= 4 is 15.9 Å². The number of carbonyl (C=O) groups is 1. The summed E-state index contributed by atoms with van der Waals surface area (Å²) in [7, 11) is -2.16. The number of benzene rings is 2. The Morgan fingerprint density at radius 2 is 1.79 bits per heavy atom. The summed E-state index contributed by atoms with van der Waals surface area (Å²) in [6.45, 7) is 0.119. The third kappa shape index (κ3) is 5.25. The summed E-state index contributed by atoms with van der Waals surface area (Å²) in [5.74, 6) is 0.873. The monoisotopic (exact) mass is 350 g/mol. The smallest absolute Gasteiger partial charge is 0.258 e. The first kappa shape index (κ1) is 17.8. The van der Waals surface area contributed by atoms with Crippen LogP contribution in [-0.2, 0) is 21.4 Å².